The van der Waals surface area contributed by atoms with Crippen LogP contribution in [0.15, 0.2) is 28.7 Å². The minimum atomic E-state index is -1.27. The van der Waals surface area contributed by atoms with Gasteiger partial charge >= 0.3 is 5.97 Å². The molecular formula is C14H20BrNO3S. The molecule has 2 atom stereocenters. The molecule has 0 amide bonds. The Morgan fingerprint density at radius 3 is 2.60 bits per heavy atom. The summed E-state index contributed by atoms with van der Waals surface area (Å²) in [7, 11) is 0.0822. The summed E-state index contributed by atoms with van der Waals surface area (Å²) in [4.78, 5) is 11.5. The predicted octanol–water partition coefficient (Wildman–Crippen LogP) is 3.11. The molecule has 0 bridgehead atoms. The Bertz CT molecular complexity index is 499. The fourth-order valence-corrected chi connectivity index (χ4v) is 2.76. The molecule has 0 aliphatic heterocycles. The van der Waals surface area contributed by atoms with Gasteiger partial charge in [-0.1, -0.05) is 28.1 Å². The van der Waals surface area contributed by atoms with E-state index < -0.39 is 15.7 Å². The molecule has 0 aromatic heterocycles. The number of ether oxygens (including phenoxy) is 1. The number of methoxy groups -OCH3 is 1. The number of carbonyl (C=O) groups excluding carboxylic acids is 1. The van der Waals surface area contributed by atoms with Crippen LogP contribution < -0.4 is 4.72 Å². The third-order valence-electron chi connectivity index (χ3n) is 2.65. The van der Waals surface area contributed by atoms with Crippen LogP contribution in [0.3, 0.4) is 0 Å². The van der Waals surface area contributed by atoms with Crippen LogP contribution in [0.5, 0.6) is 0 Å². The smallest absolute Gasteiger partial charge is 0.307 e. The van der Waals surface area contributed by atoms with Crippen LogP contribution >= 0.6 is 15.9 Å². The zero-order valence-corrected chi connectivity index (χ0v) is 14.5. The van der Waals surface area contributed by atoms with Crippen molar-refractivity contribution in [3.05, 3.63) is 34.3 Å². The monoisotopic (exact) mass is 361 g/mol. The minimum absolute atomic E-state index is 0.134. The molecular weight excluding hydrogens is 342 g/mol. The average Bonchev–Trinajstić information content (AvgIpc) is 2.36. The van der Waals surface area contributed by atoms with Crippen molar-refractivity contribution >= 4 is 32.9 Å². The summed E-state index contributed by atoms with van der Waals surface area (Å²) in [5, 5.41) is 0. The van der Waals surface area contributed by atoms with Gasteiger partial charge in [-0.2, -0.15) is 0 Å². The average molecular weight is 362 g/mol. The van der Waals surface area contributed by atoms with Gasteiger partial charge in [-0.25, -0.2) is 8.93 Å². The van der Waals surface area contributed by atoms with E-state index >= 15 is 0 Å². The van der Waals surface area contributed by atoms with E-state index in [4.69, 9.17) is 4.74 Å². The van der Waals surface area contributed by atoms with Crippen LogP contribution in [-0.4, -0.2) is 22.0 Å². The van der Waals surface area contributed by atoms with Gasteiger partial charge < -0.3 is 4.74 Å². The van der Waals surface area contributed by atoms with Gasteiger partial charge in [0.05, 0.1) is 35.3 Å². The molecule has 0 aliphatic carbocycles. The zero-order chi connectivity index (χ0) is 15.3. The first-order valence-electron chi connectivity index (χ1n) is 6.24. The maximum Gasteiger partial charge on any atom is 0.307 e. The number of nitrogens with one attached hydrogen (secondary N) is 1. The first kappa shape index (κ1) is 17.3. The second-order valence-electron chi connectivity index (χ2n) is 5.39. The Kier molecular flexibility index (Phi) is 6.36. The second-order valence-corrected chi connectivity index (χ2v) is 8.30. The molecule has 4 nitrogen and oxygen atoms in total. The molecule has 20 heavy (non-hydrogen) atoms. The van der Waals surface area contributed by atoms with Gasteiger partial charge in [0, 0.05) is 4.47 Å². The topological polar surface area (TPSA) is 55.4 Å². The lowest BCUT2D eigenvalue weighted by Crippen LogP contribution is -2.36. The molecule has 1 rings (SSSR count). The highest BCUT2D eigenvalue weighted by Gasteiger charge is 2.25. The molecule has 1 unspecified atom stereocenters. The molecule has 0 heterocycles. The summed E-state index contributed by atoms with van der Waals surface area (Å²) < 4.78 is 20.5. The van der Waals surface area contributed by atoms with E-state index in [0.717, 1.165) is 10.0 Å². The standard InChI is InChI=1S/C14H20BrNO3S/c1-14(2,3)20(18)16-12(9-13(17)19-4)10-6-5-7-11(15)8-10/h5-8,12,16H,9H2,1-4H3/t12-,20?/m0/s1. The number of carbonyl (C=O) groups is 1. The quantitative estimate of drug-likeness (QED) is 0.819. The number of hydrogen-bond acceptors (Lipinski definition) is 3. The van der Waals surface area contributed by atoms with Crippen molar-refractivity contribution in [2.75, 3.05) is 7.11 Å². The van der Waals surface area contributed by atoms with Crippen LogP contribution in [0.25, 0.3) is 0 Å². The van der Waals surface area contributed by atoms with Gasteiger partial charge in [0.25, 0.3) is 0 Å². The summed E-state index contributed by atoms with van der Waals surface area (Å²) in [6.07, 6.45) is 0.134. The molecule has 0 saturated heterocycles. The molecule has 1 N–H and O–H groups in total. The van der Waals surface area contributed by atoms with Crippen LogP contribution in [0.2, 0.25) is 0 Å². The van der Waals surface area contributed by atoms with E-state index in [1.165, 1.54) is 7.11 Å². The molecule has 6 heteroatoms. The van der Waals surface area contributed by atoms with E-state index in [-0.39, 0.29) is 18.4 Å². The second kappa shape index (κ2) is 7.33. The van der Waals surface area contributed by atoms with Crippen LogP contribution in [0.1, 0.15) is 38.8 Å². The molecule has 112 valence electrons. The van der Waals surface area contributed by atoms with E-state index in [1.54, 1.807) is 0 Å². The third kappa shape index (κ3) is 5.34. The van der Waals surface area contributed by atoms with Crippen molar-refractivity contribution in [2.24, 2.45) is 0 Å². The largest absolute Gasteiger partial charge is 0.469 e. The maximum absolute atomic E-state index is 12.2. The molecule has 0 fully saturated rings. The van der Waals surface area contributed by atoms with Crippen LogP contribution in [0, 0.1) is 0 Å². The zero-order valence-electron chi connectivity index (χ0n) is 12.1. The summed E-state index contributed by atoms with van der Waals surface area (Å²) in [5.41, 5.74) is 0.891. The van der Waals surface area contributed by atoms with Crippen molar-refractivity contribution in [1.29, 1.82) is 0 Å². The molecule has 0 spiro atoms. The van der Waals surface area contributed by atoms with E-state index in [0.29, 0.717) is 0 Å². The lowest BCUT2D eigenvalue weighted by atomic mass is 10.1. The Morgan fingerprint density at radius 2 is 2.10 bits per heavy atom. The van der Waals surface area contributed by atoms with Crippen molar-refractivity contribution in [3.8, 4) is 0 Å². The Hall–Kier alpha value is -0.720. The Morgan fingerprint density at radius 1 is 1.45 bits per heavy atom. The Labute approximate surface area is 131 Å². The van der Waals surface area contributed by atoms with Gasteiger partial charge in [0.15, 0.2) is 0 Å². The van der Waals surface area contributed by atoms with Gasteiger partial charge in [-0.3, -0.25) is 4.79 Å². The third-order valence-corrected chi connectivity index (χ3v) is 4.76. The van der Waals surface area contributed by atoms with Gasteiger partial charge in [0.2, 0.25) is 0 Å². The molecule has 1 aromatic rings. The highest BCUT2D eigenvalue weighted by atomic mass is 79.9. The summed E-state index contributed by atoms with van der Waals surface area (Å²) in [6, 6.07) is 7.23. The fraction of sp³-hybridized carbons (Fsp3) is 0.500. The van der Waals surface area contributed by atoms with Gasteiger partial charge in [-0.05, 0) is 38.5 Å². The van der Waals surface area contributed by atoms with Crippen LogP contribution in [-0.2, 0) is 20.5 Å². The molecule has 0 saturated carbocycles. The summed E-state index contributed by atoms with van der Waals surface area (Å²) in [5.74, 6) is -0.339. The Balaban J connectivity index is 2.97. The summed E-state index contributed by atoms with van der Waals surface area (Å²) in [6.45, 7) is 5.64. The van der Waals surface area contributed by atoms with Crippen molar-refractivity contribution < 1.29 is 13.7 Å². The van der Waals surface area contributed by atoms with E-state index in [9.17, 15) is 9.00 Å². The summed E-state index contributed by atoms with van der Waals surface area (Å²) >= 11 is 3.40. The van der Waals surface area contributed by atoms with E-state index in [2.05, 4.69) is 20.7 Å². The number of halogens is 1. The minimum Gasteiger partial charge on any atom is -0.469 e. The van der Waals surface area contributed by atoms with Gasteiger partial charge in [-0.15, -0.1) is 0 Å². The SMILES string of the molecule is COC(=O)C[C@H](NS(=O)C(C)(C)C)c1cccc(Br)c1. The van der Waals surface area contributed by atoms with Crippen molar-refractivity contribution in [1.82, 2.24) is 4.72 Å². The van der Waals surface area contributed by atoms with Gasteiger partial charge in [0.1, 0.15) is 0 Å². The number of rotatable bonds is 5. The normalized spacial score (nSPS) is 14.7. The molecule has 0 aliphatic rings. The lowest BCUT2D eigenvalue weighted by molar-refractivity contribution is -0.141. The first-order valence-corrected chi connectivity index (χ1v) is 8.18. The maximum atomic E-state index is 12.2. The lowest BCUT2D eigenvalue weighted by Gasteiger charge is -2.24. The highest BCUT2D eigenvalue weighted by Crippen LogP contribution is 2.23. The number of hydrogen-bond donors (Lipinski definition) is 1. The molecule has 1 aromatic carbocycles. The van der Waals surface area contributed by atoms with Crippen molar-refractivity contribution in [3.63, 3.8) is 0 Å². The molecule has 0 radical (unpaired) electrons. The number of benzene rings is 1. The highest BCUT2D eigenvalue weighted by molar-refractivity contribution is 9.10. The predicted molar refractivity (Wildman–Crippen MR) is 84.5 cm³/mol. The number of esters is 1. The van der Waals surface area contributed by atoms with Crippen molar-refractivity contribution in [2.45, 2.75) is 38.0 Å². The van der Waals surface area contributed by atoms with E-state index in [1.807, 2.05) is 45.0 Å². The van der Waals surface area contributed by atoms with Crippen LogP contribution in [0.4, 0.5) is 0 Å². The fourth-order valence-electron chi connectivity index (χ4n) is 1.51. The first-order chi connectivity index (χ1) is 9.24.